The van der Waals surface area contributed by atoms with Crippen molar-refractivity contribution in [2.45, 2.75) is 19.4 Å². The van der Waals surface area contributed by atoms with Gasteiger partial charge in [0.1, 0.15) is 0 Å². The Bertz CT molecular complexity index is 685. The van der Waals surface area contributed by atoms with Gasteiger partial charge in [0, 0.05) is 4.47 Å². The fraction of sp³-hybridized carbons (Fsp3) is 0.444. The zero-order valence-corrected chi connectivity index (χ0v) is 13.6. The highest BCUT2D eigenvalue weighted by Crippen LogP contribution is 2.73. The number of likely N-dealkylation sites (tertiary alicyclic amines) is 1. The molecule has 1 heterocycles. The van der Waals surface area contributed by atoms with Gasteiger partial charge in [0.25, 0.3) is 0 Å². The molecule has 2 saturated carbocycles. The molecule has 0 unspecified atom stereocenters. The Balaban J connectivity index is 1.45. The first kappa shape index (κ1) is 13.1. The van der Waals surface area contributed by atoms with Crippen LogP contribution >= 0.6 is 15.9 Å². The summed E-state index contributed by atoms with van der Waals surface area (Å²) in [6, 6.07) is 7.83. The predicted octanol–water partition coefficient (Wildman–Crippen LogP) is 3.15. The van der Waals surface area contributed by atoms with Crippen molar-refractivity contribution in [3.8, 4) is 0 Å². The van der Waals surface area contributed by atoms with E-state index in [9.17, 15) is 9.59 Å². The van der Waals surface area contributed by atoms with Gasteiger partial charge < -0.3 is 0 Å². The standard InChI is InChI=1S/C18H16BrNO2/c19-11-3-1-10(2-4-11)9-20-16(21)14-12-5-6-13(15(14)17(20)22)18(12)7-8-18/h1-6,12-15H,7-9H2/t12-,13-,14+,15+/m1/s1. The zero-order valence-electron chi connectivity index (χ0n) is 12.0. The summed E-state index contributed by atoms with van der Waals surface area (Å²) < 4.78 is 1.00. The molecular weight excluding hydrogens is 342 g/mol. The summed E-state index contributed by atoms with van der Waals surface area (Å²) in [6.07, 6.45) is 6.81. The molecule has 1 aromatic rings. The Kier molecular flexibility index (Phi) is 2.44. The van der Waals surface area contributed by atoms with Gasteiger partial charge in [-0.15, -0.1) is 0 Å². The van der Waals surface area contributed by atoms with Gasteiger partial charge in [-0.1, -0.05) is 40.2 Å². The van der Waals surface area contributed by atoms with Crippen molar-refractivity contribution < 1.29 is 9.59 Å². The lowest BCUT2D eigenvalue weighted by Crippen LogP contribution is -2.34. The number of hydrogen-bond donors (Lipinski definition) is 0. The summed E-state index contributed by atoms with van der Waals surface area (Å²) in [4.78, 5) is 27.2. The van der Waals surface area contributed by atoms with Gasteiger partial charge >= 0.3 is 0 Å². The number of carbonyl (C=O) groups is 2. The summed E-state index contributed by atoms with van der Waals surface area (Å²) in [5.41, 5.74) is 1.29. The van der Waals surface area contributed by atoms with Gasteiger partial charge in [-0.05, 0) is 47.8 Å². The van der Waals surface area contributed by atoms with Crippen molar-refractivity contribution in [2.24, 2.45) is 29.1 Å². The van der Waals surface area contributed by atoms with E-state index in [2.05, 4.69) is 28.1 Å². The first-order chi connectivity index (χ1) is 10.6. The number of carbonyl (C=O) groups excluding carboxylic acids is 2. The third-order valence-corrected chi connectivity index (χ3v) is 6.73. The highest BCUT2D eigenvalue weighted by Gasteiger charge is 2.73. The molecule has 0 radical (unpaired) electrons. The van der Waals surface area contributed by atoms with Crippen LogP contribution in [0.5, 0.6) is 0 Å². The number of halogens is 1. The minimum Gasteiger partial charge on any atom is -0.278 e. The molecule has 5 rings (SSSR count). The largest absolute Gasteiger partial charge is 0.278 e. The van der Waals surface area contributed by atoms with Crippen molar-refractivity contribution in [1.29, 1.82) is 0 Å². The normalized spacial score (nSPS) is 36.5. The number of amides is 2. The second-order valence-electron chi connectivity index (χ2n) is 7.11. The molecule has 4 heteroatoms. The van der Waals surface area contributed by atoms with E-state index in [4.69, 9.17) is 0 Å². The summed E-state index contributed by atoms with van der Waals surface area (Å²) in [5.74, 6) is 0.575. The van der Waals surface area contributed by atoms with E-state index in [0.29, 0.717) is 18.4 Å². The van der Waals surface area contributed by atoms with Gasteiger partial charge in [0.15, 0.2) is 0 Å². The van der Waals surface area contributed by atoms with Crippen LogP contribution in [0.1, 0.15) is 18.4 Å². The molecule has 2 bridgehead atoms. The number of benzene rings is 1. The van der Waals surface area contributed by atoms with Crippen LogP contribution in [0.25, 0.3) is 0 Å². The third-order valence-electron chi connectivity index (χ3n) is 6.20. The molecular formula is C18H16BrNO2. The number of nitrogens with zero attached hydrogens (tertiary/aromatic N) is 1. The second kappa shape index (κ2) is 4.10. The van der Waals surface area contributed by atoms with Crippen LogP contribution < -0.4 is 0 Å². The van der Waals surface area contributed by atoms with E-state index in [1.165, 1.54) is 17.7 Å². The molecule has 1 saturated heterocycles. The Morgan fingerprint density at radius 1 is 1.00 bits per heavy atom. The van der Waals surface area contributed by atoms with Crippen molar-refractivity contribution in [3.63, 3.8) is 0 Å². The lowest BCUT2D eigenvalue weighted by Gasteiger charge is -2.21. The zero-order chi connectivity index (χ0) is 15.1. The van der Waals surface area contributed by atoms with Crippen LogP contribution in [0.4, 0.5) is 0 Å². The first-order valence-corrected chi connectivity index (χ1v) is 8.69. The molecule has 112 valence electrons. The number of imide groups is 1. The molecule has 1 spiro atoms. The second-order valence-corrected chi connectivity index (χ2v) is 8.03. The van der Waals surface area contributed by atoms with Crippen LogP contribution in [0.15, 0.2) is 40.9 Å². The molecule has 3 nitrogen and oxygen atoms in total. The van der Waals surface area contributed by atoms with Crippen LogP contribution in [-0.2, 0) is 16.1 Å². The lowest BCUT2D eigenvalue weighted by atomic mass is 9.85. The monoisotopic (exact) mass is 357 g/mol. The van der Waals surface area contributed by atoms with Gasteiger partial charge in [0.05, 0.1) is 18.4 Å². The quantitative estimate of drug-likeness (QED) is 0.602. The average Bonchev–Trinajstić information content (AvgIpc) is 3.12. The summed E-state index contributed by atoms with van der Waals surface area (Å²) in [7, 11) is 0. The Hall–Kier alpha value is -1.42. The molecule has 1 aromatic carbocycles. The smallest absolute Gasteiger partial charge is 0.234 e. The van der Waals surface area contributed by atoms with Crippen molar-refractivity contribution in [3.05, 3.63) is 46.5 Å². The minimum atomic E-state index is -0.0829. The molecule has 0 aromatic heterocycles. The maximum Gasteiger partial charge on any atom is 0.234 e. The highest BCUT2D eigenvalue weighted by molar-refractivity contribution is 9.10. The van der Waals surface area contributed by atoms with Crippen LogP contribution in [0.3, 0.4) is 0 Å². The molecule has 1 aliphatic heterocycles. The molecule has 3 aliphatic carbocycles. The Morgan fingerprint density at radius 3 is 2.05 bits per heavy atom. The van der Waals surface area contributed by atoms with Gasteiger partial charge in [-0.2, -0.15) is 0 Å². The molecule has 3 fully saturated rings. The van der Waals surface area contributed by atoms with Crippen molar-refractivity contribution >= 4 is 27.7 Å². The molecule has 4 atom stereocenters. The number of rotatable bonds is 2. The Labute approximate surface area is 137 Å². The van der Waals surface area contributed by atoms with Crippen LogP contribution in [0, 0.1) is 29.1 Å². The predicted molar refractivity (Wildman–Crippen MR) is 84.5 cm³/mol. The minimum absolute atomic E-state index is 0.0565. The summed E-state index contributed by atoms with van der Waals surface area (Å²) in [6.45, 7) is 0.407. The molecule has 0 N–H and O–H groups in total. The van der Waals surface area contributed by atoms with Gasteiger partial charge in [-0.25, -0.2) is 0 Å². The Morgan fingerprint density at radius 2 is 1.55 bits per heavy atom. The maximum atomic E-state index is 12.8. The fourth-order valence-corrected chi connectivity index (χ4v) is 5.33. The first-order valence-electron chi connectivity index (χ1n) is 7.90. The van der Waals surface area contributed by atoms with Gasteiger partial charge in [-0.3, -0.25) is 14.5 Å². The SMILES string of the molecule is O=C1[C@@H]2[C@@H](C(=O)N1Cc1ccc(Br)cc1)[C@H]1C=C[C@H]2C12CC2. The molecule has 4 aliphatic rings. The molecule has 22 heavy (non-hydrogen) atoms. The van der Waals surface area contributed by atoms with Gasteiger partial charge in [0.2, 0.25) is 11.8 Å². The fourth-order valence-electron chi connectivity index (χ4n) is 5.07. The molecule has 2 amide bonds. The van der Waals surface area contributed by atoms with E-state index in [1.807, 2.05) is 24.3 Å². The van der Waals surface area contributed by atoms with Crippen molar-refractivity contribution in [1.82, 2.24) is 4.90 Å². The average molecular weight is 358 g/mol. The van der Waals surface area contributed by atoms with E-state index in [1.54, 1.807) is 0 Å². The summed E-state index contributed by atoms with van der Waals surface area (Å²) >= 11 is 3.41. The maximum absolute atomic E-state index is 12.8. The van der Waals surface area contributed by atoms with E-state index < -0.39 is 0 Å². The van der Waals surface area contributed by atoms with Crippen molar-refractivity contribution in [2.75, 3.05) is 0 Å². The lowest BCUT2D eigenvalue weighted by molar-refractivity contribution is -0.141. The van der Waals surface area contributed by atoms with E-state index in [-0.39, 0.29) is 29.1 Å². The number of allylic oxidation sites excluding steroid dienone is 2. The number of fused-ring (bicyclic) bond motifs is 3. The third kappa shape index (κ3) is 1.47. The highest BCUT2D eigenvalue weighted by atomic mass is 79.9. The van der Waals surface area contributed by atoms with E-state index >= 15 is 0 Å². The number of hydrogen-bond acceptors (Lipinski definition) is 2. The topological polar surface area (TPSA) is 37.4 Å². The summed E-state index contributed by atoms with van der Waals surface area (Å²) in [5, 5.41) is 0. The van der Waals surface area contributed by atoms with Crippen LogP contribution in [0.2, 0.25) is 0 Å². The van der Waals surface area contributed by atoms with E-state index in [0.717, 1.165) is 10.0 Å². The van der Waals surface area contributed by atoms with Crippen LogP contribution in [-0.4, -0.2) is 16.7 Å².